The first-order chi connectivity index (χ1) is 12.6. The second-order valence-corrected chi connectivity index (χ2v) is 6.52. The Morgan fingerprint density at radius 1 is 1.27 bits per heavy atom. The van der Waals surface area contributed by atoms with E-state index in [2.05, 4.69) is 10.3 Å². The topological polar surface area (TPSA) is 62.3 Å². The number of halogens is 1. The highest BCUT2D eigenvalue weighted by molar-refractivity contribution is 5.89. The van der Waals surface area contributed by atoms with Gasteiger partial charge in [-0.2, -0.15) is 0 Å². The van der Waals surface area contributed by atoms with Crippen LogP contribution in [0.3, 0.4) is 0 Å². The number of likely N-dealkylation sites (tertiary alicyclic amines) is 1. The molecule has 2 heterocycles. The lowest BCUT2D eigenvalue weighted by Crippen LogP contribution is -2.33. The molecule has 5 nitrogen and oxygen atoms in total. The smallest absolute Gasteiger partial charge is 0.225 e. The van der Waals surface area contributed by atoms with Crippen molar-refractivity contribution >= 4 is 11.8 Å². The molecule has 0 aliphatic carbocycles. The van der Waals surface area contributed by atoms with Crippen molar-refractivity contribution in [2.45, 2.75) is 25.8 Å². The molecular formula is C20H22FN3O2. The van der Waals surface area contributed by atoms with Crippen molar-refractivity contribution in [1.29, 1.82) is 0 Å². The number of carbonyl (C=O) groups is 2. The van der Waals surface area contributed by atoms with E-state index in [0.29, 0.717) is 38.0 Å². The molecule has 136 valence electrons. The minimum absolute atomic E-state index is 0.0136. The third-order valence-corrected chi connectivity index (χ3v) is 4.56. The molecule has 1 unspecified atom stereocenters. The maximum Gasteiger partial charge on any atom is 0.225 e. The summed E-state index contributed by atoms with van der Waals surface area (Å²) < 4.78 is 13.6. The van der Waals surface area contributed by atoms with Crippen LogP contribution in [0.2, 0.25) is 0 Å². The first kappa shape index (κ1) is 18.0. The lowest BCUT2D eigenvalue weighted by Gasteiger charge is -2.16. The number of carbonyl (C=O) groups excluding carboxylic acids is 2. The molecule has 0 bridgehead atoms. The molecule has 1 fully saturated rings. The Morgan fingerprint density at radius 3 is 2.88 bits per heavy atom. The van der Waals surface area contributed by atoms with E-state index in [0.717, 1.165) is 5.56 Å². The summed E-state index contributed by atoms with van der Waals surface area (Å²) in [6.45, 7) is 1.37. The van der Waals surface area contributed by atoms with Crippen LogP contribution in [0.5, 0.6) is 0 Å². The maximum atomic E-state index is 13.6. The van der Waals surface area contributed by atoms with E-state index in [1.807, 2.05) is 12.1 Å². The fourth-order valence-electron chi connectivity index (χ4n) is 3.15. The summed E-state index contributed by atoms with van der Waals surface area (Å²) in [5, 5.41) is 2.87. The quantitative estimate of drug-likeness (QED) is 0.776. The van der Waals surface area contributed by atoms with Crippen LogP contribution >= 0.6 is 0 Å². The van der Waals surface area contributed by atoms with Crippen molar-refractivity contribution in [1.82, 2.24) is 15.2 Å². The SMILES string of the molecule is O=C(NCCCc1ccccc1F)C1CC(=O)N(Cc2cccnc2)C1. The lowest BCUT2D eigenvalue weighted by molar-refractivity contribution is -0.129. The summed E-state index contributed by atoms with van der Waals surface area (Å²) in [5.74, 6) is -0.667. The number of nitrogens with zero attached hydrogens (tertiary/aromatic N) is 2. The monoisotopic (exact) mass is 355 g/mol. The van der Waals surface area contributed by atoms with Crippen LogP contribution in [-0.2, 0) is 22.6 Å². The number of hydrogen-bond donors (Lipinski definition) is 1. The standard InChI is InChI=1S/C20H22FN3O2/c21-18-8-2-1-6-16(18)7-4-10-23-20(26)17-11-19(25)24(14-17)13-15-5-3-9-22-12-15/h1-3,5-6,8-9,12,17H,4,7,10-11,13-14H2,(H,23,26). The molecule has 1 N–H and O–H groups in total. The van der Waals surface area contributed by atoms with Gasteiger partial charge < -0.3 is 10.2 Å². The summed E-state index contributed by atoms with van der Waals surface area (Å²) in [5.41, 5.74) is 1.60. The molecule has 26 heavy (non-hydrogen) atoms. The number of amides is 2. The van der Waals surface area contributed by atoms with Crippen LogP contribution in [0, 0.1) is 11.7 Å². The van der Waals surface area contributed by atoms with Gasteiger partial charge in [0.1, 0.15) is 5.82 Å². The molecule has 0 radical (unpaired) electrons. The van der Waals surface area contributed by atoms with Crippen molar-refractivity contribution in [3.05, 3.63) is 65.7 Å². The summed E-state index contributed by atoms with van der Waals surface area (Å²) in [7, 11) is 0. The molecule has 0 spiro atoms. The van der Waals surface area contributed by atoms with Crippen LogP contribution in [-0.4, -0.2) is 34.8 Å². The first-order valence-corrected chi connectivity index (χ1v) is 8.81. The van der Waals surface area contributed by atoms with Crippen LogP contribution < -0.4 is 5.32 Å². The maximum absolute atomic E-state index is 13.6. The zero-order valence-electron chi connectivity index (χ0n) is 14.5. The molecule has 1 saturated heterocycles. The van der Waals surface area contributed by atoms with Gasteiger partial charge in [-0.1, -0.05) is 24.3 Å². The van der Waals surface area contributed by atoms with E-state index in [4.69, 9.17) is 0 Å². The van der Waals surface area contributed by atoms with Gasteiger partial charge in [-0.05, 0) is 36.1 Å². The van der Waals surface area contributed by atoms with Crippen molar-refractivity contribution in [2.75, 3.05) is 13.1 Å². The summed E-state index contributed by atoms with van der Waals surface area (Å²) in [4.78, 5) is 30.2. The largest absolute Gasteiger partial charge is 0.356 e. The van der Waals surface area contributed by atoms with Crippen molar-refractivity contribution in [3.8, 4) is 0 Å². The van der Waals surface area contributed by atoms with Crippen LogP contribution in [0.25, 0.3) is 0 Å². The van der Waals surface area contributed by atoms with Gasteiger partial charge in [-0.25, -0.2) is 4.39 Å². The van der Waals surface area contributed by atoms with Crippen LogP contribution in [0.4, 0.5) is 4.39 Å². The number of rotatable bonds is 7. The molecule has 2 amide bonds. The molecular weight excluding hydrogens is 333 g/mol. The molecule has 3 rings (SSSR count). The zero-order valence-corrected chi connectivity index (χ0v) is 14.5. The minimum Gasteiger partial charge on any atom is -0.356 e. The van der Waals surface area contributed by atoms with Crippen LogP contribution in [0.15, 0.2) is 48.8 Å². The second-order valence-electron chi connectivity index (χ2n) is 6.52. The Hall–Kier alpha value is -2.76. The number of benzene rings is 1. The number of hydrogen-bond acceptors (Lipinski definition) is 3. The highest BCUT2D eigenvalue weighted by atomic mass is 19.1. The van der Waals surface area contributed by atoms with E-state index in [1.165, 1.54) is 6.07 Å². The van der Waals surface area contributed by atoms with E-state index in [-0.39, 0.29) is 30.0 Å². The van der Waals surface area contributed by atoms with Crippen LogP contribution in [0.1, 0.15) is 24.0 Å². The molecule has 1 aliphatic heterocycles. The number of aromatic nitrogens is 1. The Bertz CT molecular complexity index is 767. The summed E-state index contributed by atoms with van der Waals surface area (Å²) in [6.07, 6.45) is 4.88. The van der Waals surface area contributed by atoms with Gasteiger partial charge in [0.25, 0.3) is 0 Å². The Morgan fingerprint density at radius 2 is 2.12 bits per heavy atom. The van der Waals surface area contributed by atoms with Gasteiger partial charge >= 0.3 is 0 Å². The predicted octanol–water partition coefficient (Wildman–Crippen LogP) is 2.32. The molecule has 1 aliphatic rings. The molecule has 6 heteroatoms. The predicted molar refractivity (Wildman–Crippen MR) is 95.5 cm³/mol. The Labute approximate surface area is 152 Å². The van der Waals surface area contributed by atoms with E-state index >= 15 is 0 Å². The third-order valence-electron chi connectivity index (χ3n) is 4.56. The van der Waals surface area contributed by atoms with Crippen molar-refractivity contribution in [2.24, 2.45) is 5.92 Å². The first-order valence-electron chi connectivity index (χ1n) is 8.81. The third kappa shape index (κ3) is 4.65. The second kappa shape index (κ2) is 8.56. The fraction of sp³-hybridized carbons (Fsp3) is 0.350. The molecule has 0 saturated carbocycles. The highest BCUT2D eigenvalue weighted by Crippen LogP contribution is 2.20. The fourth-order valence-corrected chi connectivity index (χ4v) is 3.15. The highest BCUT2D eigenvalue weighted by Gasteiger charge is 2.33. The van der Waals surface area contributed by atoms with Gasteiger partial charge in [-0.15, -0.1) is 0 Å². The van der Waals surface area contributed by atoms with E-state index < -0.39 is 0 Å². The van der Waals surface area contributed by atoms with Crippen molar-refractivity contribution < 1.29 is 14.0 Å². The Balaban J connectivity index is 1.42. The minimum atomic E-state index is -0.326. The number of aryl methyl sites for hydroxylation is 1. The summed E-state index contributed by atoms with van der Waals surface area (Å²) >= 11 is 0. The molecule has 1 atom stereocenters. The van der Waals surface area contributed by atoms with E-state index in [9.17, 15) is 14.0 Å². The van der Waals surface area contributed by atoms with Gasteiger partial charge in [0.2, 0.25) is 11.8 Å². The molecule has 2 aromatic rings. The average Bonchev–Trinajstić information content (AvgIpc) is 3.01. The van der Waals surface area contributed by atoms with E-state index in [1.54, 1.807) is 35.5 Å². The van der Waals surface area contributed by atoms with Gasteiger partial charge in [0.15, 0.2) is 0 Å². The molecule has 1 aromatic heterocycles. The van der Waals surface area contributed by atoms with Gasteiger partial charge in [0, 0.05) is 38.4 Å². The zero-order chi connectivity index (χ0) is 18.4. The molecule has 1 aromatic carbocycles. The normalized spacial score (nSPS) is 16.7. The van der Waals surface area contributed by atoms with Crippen molar-refractivity contribution in [3.63, 3.8) is 0 Å². The number of nitrogens with one attached hydrogen (secondary N) is 1. The van der Waals surface area contributed by atoms with Gasteiger partial charge in [-0.3, -0.25) is 14.6 Å². The lowest BCUT2D eigenvalue weighted by atomic mass is 10.1. The summed E-state index contributed by atoms with van der Waals surface area (Å²) in [6, 6.07) is 10.4. The van der Waals surface area contributed by atoms with Gasteiger partial charge in [0.05, 0.1) is 5.92 Å². The number of pyridine rings is 1. The average molecular weight is 355 g/mol. The Kier molecular flexibility index (Phi) is 5.94.